The lowest BCUT2D eigenvalue weighted by Gasteiger charge is -2.23. The van der Waals surface area contributed by atoms with Gasteiger partial charge in [-0.3, -0.25) is 0 Å². The second-order valence-corrected chi connectivity index (χ2v) is 10.2. The molecule has 6 heteroatoms. The molecular formula is C30H34ClN2O3+. The van der Waals surface area contributed by atoms with Crippen LogP contribution in [0.1, 0.15) is 59.3 Å². The Balaban J connectivity index is 1.48. The summed E-state index contributed by atoms with van der Waals surface area (Å²) in [5, 5.41) is 4.42. The fourth-order valence-corrected chi connectivity index (χ4v) is 5.40. The first-order valence-corrected chi connectivity index (χ1v) is 12.9. The molecule has 0 aliphatic carbocycles. The summed E-state index contributed by atoms with van der Waals surface area (Å²) in [6.45, 7) is 7.76. The van der Waals surface area contributed by atoms with Crippen molar-refractivity contribution in [2.45, 2.75) is 45.8 Å². The van der Waals surface area contributed by atoms with E-state index in [4.69, 9.17) is 25.8 Å². The van der Waals surface area contributed by atoms with E-state index in [1.165, 1.54) is 22.2 Å². The predicted molar refractivity (Wildman–Crippen MR) is 145 cm³/mol. The average Bonchev–Trinajstić information content (AvgIpc) is 3.26. The first-order valence-electron chi connectivity index (χ1n) is 12.5. The second-order valence-electron chi connectivity index (χ2n) is 9.83. The molecule has 1 aliphatic rings. The average molecular weight is 506 g/mol. The van der Waals surface area contributed by atoms with Crippen LogP contribution in [0.2, 0.25) is 5.02 Å². The lowest BCUT2D eigenvalue weighted by Crippen LogP contribution is -2.87. The van der Waals surface area contributed by atoms with E-state index in [0.29, 0.717) is 12.5 Å². The number of fused-ring (bicyclic) bond motifs is 3. The van der Waals surface area contributed by atoms with Crippen LogP contribution in [-0.2, 0) is 13.0 Å². The maximum Gasteiger partial charge on any atom is 0.153 e. The van der Waals surface area contributed by atoms with Gasteiger partial charge in [0, 0.05) is 33.5 Å². The zero-order valence-corrected chi connectivity index (χ0v) is 22.3. The molecule has 36 heavy (non-hydrogen) atoms. The van der Waals surface area contributed by atoms with Crippen molar-refractivity contribution < 1.29 is 19.5 Å². The largest absolute Gasteiger partial charge is 0.497 e. The van der Waals surface area contributed by atoms with Crippen molar-refractivity contribution >= 4 is 22.5 Å². The number of H-pyrrole nitrogens is 1. The lowest BCUT2D eigenvalue weighted by atomic mass is 9.93. The Hall–Kier alpha value is -3.15. The number of methoxy groups -OCH3 is 2. The summed E-state index contributed by atoms with van der Waals surface area (Å²) in [6.07, 6.45) is 1.03. The van der Waals surface area contributed by atoms with Gasteiger partial charge in [-0.1, -0.05) is 25.4 Å². The number of hydrogen-bond donors (Lipinski definition) is 2. The second kappa shape index (κ2) is 10.1. The van der Waals surface area contributed by atoms with E-state index in [-0.39, 0.29) is 6.04 Å². The van der Waals surface area contributed by atoms with Gasteiger partial charge in [0.05, 0.1) is 26.5 Å². The van der Waals surface area contributed by atoms with Crippen LogP contribution < -0.4 is 19.5 Å². The summed E-state index contributed by atoms with van der Waals surface area (Å²) >= 11 is 6.40. The highest BCUT2D eigenvalue weighted by Gasteiger charge is 2.29. The van der Waals surface area contributed by atoms with Crippen LogP contribution in [0.15, 0.2) is 48.5 Å². The van der Waals surface area contributed by atoms with Gasteiger partial charge in [0.25, 0.3) is 0 Å². The molecule has 0 spiro atoms. The summed E-state index contributed by atoms with van der Waals surface area (Å²) < 4.78 is 17.6. The molecule has 0 amide bonds. The summed E-state index contributed by atoms with van der Waals surface area (Å²) in [7, 11) is 3.42. The molecule has 3 N–H and O–H groups in total. The van der Waals surface area contributed by atoms with Crippen molar-refractivity contribution in [3.8, 4) is 17.2 Å². The maximum absolute atomic E-state index is 6.40. The third-order valence-corrected chi connectivity index (χ3v) is 7.62. The van der Waals surface area contributed by atoms with Crippen molar-refractivity contribution in [2.24, 2.45) is 0 Å². The number of benzene rings is 3. The Morgan fingerprint density at radius 2 is 1.86 bits per heavy atom. The molecule has 0 saturated carbocycles. The third-order valence-electron chi connectivity index (χ3n) is 7.21. The molecule has 188 valence electrons. The Labute approximate surface area is 217 Å². The minimum Gasteiger partial charge on any atom is -0.497 e. The number of aryl methyl sites for hydroxylation is 1. The number of quaternary nitrogens is 1. The van der Waals surface area contributed by atoms with Crippen molar-refractivity contribution in [3.05, 3.63) is 87.1 Å². The van der Waals surface area contributed by atoms with E-state index in [1.807, 2.05) is 25.1 Å². The number of nitrogens with one attached hydrogen (secondary N) is 1. The minimum atomic E-state index is 0.181. The van der Waals surface area contributed by atoms with E-state index in [2.05, 4.69) is 54.5 Å². The van der Waals surface area contributed by atoms with E-state index in [1.54, 1.807) is 14.2 Å². The van der Waals surface area contributed by atoms with Crippen LogP contribution >= 0.6 is 11.6 Å². The molecule has 0 radical (unpaired) electrons. The summed E-state index contributed by atoms with van der Waals surface area (Å²) in [5.74, 6) is 2.89. The molecular weight excluding hydrogens is 472 g/mol. The van der Waals surface area contributed by atoms with Crippen molar-refractivity contribution in [3.63, 3.8) is 0 Å². The molecule has 5 rings (SSSR count). The number of nitrogens with two attached hydrogens (primary N) is 1. The van der Waals surface area contributed by atoms with E-state index >= 15 is 0 Å². The molecule has 1 unspecified atom stereocenters. The topological polar surface area (TPSA) is 60.1 Å². The Morgan fingerprint density at radius 3 is 2.61 bits per heavy atom. The number of rotatable bonds is 7. The van der Waals surface area contributed by atoms with Crippen LogP contribution in [0.5, 0.6) is 17.2 Å². The number of ether oxygens (including phenoxy) is 3. The zero-order valence-electron chi connectivity index (χ0n) is 21.6. The molecule has 1 atom stereocenters. The third kappa shape index (κ3) is 4.54. The lowest BCUT2D eigenvalue weighted by molar-refractivity contribution is -0.690. The van der Waals surface area contributed by atoms with Crippen LogP contribution in [0, 0.1) is 6.92 Å². The van der Waals surface area contributed by atoms with E-state index in [9.17, 15) is 0 Å². The van der Waals surface area contributed by atoms with Crippen molar-refractivity contribution in [1.29, 1.82) is 0 Å². The van der Waals surface area contributed by atoms with E-state index in [0.717, 1.165) is 57.4 Å². The SMILES string of the molecule is COc1ccc2[nH]c3c(c2c1)CC[NH2+]C3c1ccc(OC)c(COc2cc(C)c(Cl)cc2C(C)C)c1. The molecule has 1 aliphatic heterocycles. The quantitative estimate of drug-likeness (QED) is 0.321. The molecule has 0 fully saturated rings. The number of aromatic amines is 1. The van der Waals surface area contributed by atoms with Gasteiger partial charge in [-0.25, -0.2) is 0 Å². The molecule has 0 bridgehead atoms. The van der Waals surface area contributed by atoms with Crippen LogP contribution in [0.4, 0.5) is 0 Å². The van der Waals surface area contributed by atoms with Gasteiger partial charge < -0.3 is 24.5 Å². The molecule has 5 nitrogen and oxygen atoms in total. The van der Waals surface area contributed by atoms with E-state index < -0.39 is 0 Å². The Bertz CT molecular complexity index is 1410. The summed E-state index contributed by atoms with van der Waals surface area (Å²) in [6, 6.07) is 16.9. The Kier molecular flexibility index (Phi) is 6.87. The minimum absolute atomic E-state index is 0.181. The summed E-state index contributed by atoms with van der Waals surface area (Å²) in [4.78, 5) is 3.69. The molecule has 2 heterocycles. The fourth-order valence-electron chi connectivity index (χ4n) is 5.23. The van der Waals surface area contributed by atoms with Gasteiger partial charge >= 0.3 is 0 Å². The van der Waals surface area contributed by atoms with Gasteiger partial charge in [-0.2, -0.15) is 0 Å². The van der Waals surface area contributed by atoms with Crippen molar-refractivity contribution in [1.82, 2.24) is 4.98 Å². The maximum atomic E-state index is 6.40. The van der Waals surface area contributed by atoms with Gasteiger partial charge in [0.15, 0.2) is 6.04 Å². The standard InChI is InChI=1S/C30H33ClN2O3/c1-17(2)23-15-25(31)18(3)12-28(23)36-16-20-13-19(6-9-27(20)35-5)29-30-22(10-11-32-29)24-14-21(34-4)7-8-26(24)33-30/h6-9,12-15,17,29,32-33H,10-11,16H2,1-5H3/p+1. The van der Waals surface area contributed by atoms with Gasteiger partial charge in [-0.05, 0) is 78.1 Å². The number of hydrogen-bond acceptors (Lipinski definition) is 3. The van der Waals surface area contributed by atoms with Gasteiger partial charge in [-0.15, -0.1) is 0 Å². The predicted octanol–water partition coefficient (Wildman–Crippen LogP) is 6.06. The van der Waals surface area contributed by atoms with Gasteiger partial charge in [0.2, 0.25) is 0 Å². The monoisotopic (exact) mass is 505 g/mol. The van der Waals surface area contributed by atoms with Crippen LogP contribution in [0.3, 0.4) is 0 Å². The first-order chi connectivity index (χ1) is 17.4. The highest BCUT2D eigenvalue weighted by molar-refractivity contribution is 6.31. The fraction of sp³-hybridized carbons (Fsp3) is 0.333. The summed E-state index contributed by atoms with van der Waals surface area (Å²) in [5.41, 5.74) is 8.16. The first kappa shape index (κ1) is 24.5. The normalized spacial score (nSPS) is 15.2. The van der Waals surface area contributed by atoms with Crippen LogP contribution in [0.25, 0.3) is 10.9 Å². The van der Waals surface area contributed by atoms with Crippen LogP contribution in [-0.4, -0.2) is 25.7 Å². The highest BCUT2D eigenvalue weighted by atomic mass is 35.5. The molecule has 1 aromatic heterocycles. The van der Waals surface area contributed by atoms with Gasteiger partial charge in [0.1, 0.15) is 23.9 Å². The Morgan fingerprint density at radius 1 is 1.03 bits per heavy atom. The molecule has 3 aromatic carbocycles. The van der Waals surface area contributed by atoms with Crippen molar-refractivity contribution in [2.75, 3.05) is 20.8 Å². The molecule has 0 saturated heterocycles. The highest BCUT2D eigenvalue weighted by Crippen LogP contribution is 2.36. The number of halogens is 1. The number of aromatic nitrogens is 1. The molecule has 4 aromatic rings. The smallest absolute Gasteiger partial charge is 0.153 e. The zero-order chi connectivity index (χ0) is 25.4.